The van der Waals surface area contributed by atoms with Crippen molar-refractivity contribution in [2.45, 2.75) is 13.1 Å². The molecule has 0 radical (unpaired) electrons. The Morgan fingerprint density at radius 1 is 1.04 bits per heavy atom. The minimum Gasteiger partial charge on any atom is -0.497 e. The van der Waals surface area contributed by atoms with E-state index >= 15 is 0 Å². The standard InChI is InChI=1S/C22H23N2O/c1-25-20-10-11-22-21(14-20)19(15-23-22)17-24(12-6-3-7-13-24)16-18-8-4-2-5-9-18/h2-12,14-15,23H,13,16-17H2,1H3/q+1. The molecule has 25 heavy (non-hydrogen) atoms. The Hall–Kier alpha value is -2.78. The summed E-state index contributed by atoms with van der Waals surface area (Å²) in [5.41, 5.74) is 3.84. The van der Waals surface area contributed by atoms with Crippen LogP contribution in [0.5, 0.6) is 5.75 Å². The Bertz CT molecular complexity index is 924. The number of H-pyrrole nitrogens is 1. The fraction of sp³-hybridized carbons (Fsp3) is 0.182. The first kappa shape index (κ1) is 15.7. The topological polar surface area (TPSA) is 25.0 Å². The molecule has 1 atom stereocenters. The lowest BCUT2D eigenvalue weighted by Gasteiger charge is -2.35. The summed E-state index contributed by atoms with van der Waals surface area (Å²) in [6, 6.07) is 17.0. The number of fused-ring (bicyclic) bond motifs is 1. The summed E-state index contributed by atoms with van der Waals surface area (Å²) in [5, 5.41) is 1.24. The Morgan fingerprint density at radius 2 is 1.92 bits per heavy atom. The van der Waals surface area contributed by atoms with Crippen molar-refractivity contribution >= 4 is 10.9 Å². The number of nitrogens with one attached hydrogen (secondary N) is 1. The third-order valence-electron chi connectivity index (χ3n) is 4.92. The quantitative estimate of drug-likeness (QED) is 0.669. The largest absolute Gasteiger partial charge is 0.497 e. The van der Waals surface area contributed by atoms with E-state index in [0.717, 1.165) is 35.4 Å². The van der Waals surface area contributed by atoms with Gasteiger partial charge in [-0.05, 0) is 30.4 Å². The van der Waals surface area contributed by atoms with E-state index in [1.807, 2.05) is 6.07 Å². The van der Waals surface area contributed by atoms with Crippen LogP contribution in [0, 0.1) is 0 Å². The maximum atomic E-state index is 5.41. The van der Waals surface area contributed by atoms with Gasteiger partial charge in [-0.15, -0.1) is 0 Å². The van der Waals surface area contributed by atoms with Crippen LogP contribution in [0.15, 0.2) is 79.2 Å². The van der Waals surface area contributed by atoms with Gasteiger partial charge in [0.15, 0.2) is 0 Å². The van der Waals surface area contributed by atoms with Crippen molar-refractivity contribution < 1.29 is 9.22 Å². The highest BCUT2D eigenvalue weighted by molar-refractivity contribution is 5.84. The van der Waals surface area contributed by atoms with Crippen LogP contribution in [0.2, 0.25) is 0 Å². The smallest absolute Gasteiger partial charge is 0.119 e. The number of hydrogen-bond acceptors (Lipinski definition) is 1. The van der Waals surface area contributed by atoms with Gasteiger partial charge in [0, 0.05) is 28.2 Å². The number of allylic oxidation sites excluding steroid dienone is 2. The molecule has 1 aromatic heterocycles. The molecule has 3 aromatic rings. The van der Waals surface area contributed by atoms with E-state index in [1.165, 1.54) is 16.5 Å². The van der Waals surface area contributed by atoms with Crippen LogP contribution in [0.25, 0.3) is 10.9 Å². The molecule has 0 amide bonds. The maximum Gasteiger partial charge on any atom is 0.119 e. The van der Waals surface area contributed by atoms with Crippen molar-refractivity contribution in [3.63, 3.8) is 0 Å². The molecule has 0 bridgehead atoms. The van der Waals surface area contributed by atoms with Gasteiger partial charge in [-0.1, -0.05) is 36.4 Å². The third-order valence-corrected chi connectivity index (χ3v) is 4.92. The summed E-state index contributed by atoms with van der Waals surface area (Å²) < 4.78 is 6.31. The molecular formula is C22H23N2O+. The molecule has 3 heteroatoms. The number of aromatic nitrogens is 1. The fourth-order valence-electron chi connectivity index (χ4n) is 3.63. The lowest BCUT2D eigenvalue weighted by molar-refractivity contribution is -0.901. The summed E-state index contributed by atoms with van der Waals surface area (Å²) in [4.78, 5) is 3.40. The van der Waals surface area contributed by atoms with Gasteiger partial charge in [0.05, 0.1) is 13.3 Å². The SMILES string of the molecule is COc1ccc2[nH]cc(C[N+]3(Cc4ccccc4)C=CC=CC3)c2c1. The van der Waals surface area contributed by atoms with Gasteiger partial charge < -0.3 is 9.72 Å². The molecule has 1 aliphatic heterocycles. The highest BCUT2D eigenvalue weighted by Crippen LogP contribution is 2.29. The van der Waals surface area contributed by atoms with Gasteiger partial charge in [0.25, 0.3) is 0 Å². The van der Waals surface area contributed by atoms with Gasteiger partial charge in [-0.3, -0.25) is 4.48 Å². The van der Waals surface area contributed by atoms with Crippen LogP contribution < -0.4 is 4.74 Å². The number of quaternary nitrogens is 1. The summed E-state index contributed by atoms with van der Waals surface area (Å²) in [7, 11) is 1.72. The van der Waals surface area contributed by atoms with Crippen molar-refractivity contribution in [2.75, 3.05) is 13.7 Å². The van der Waals surface area contributed by atoms with Crippen LogP contribution in [-0.2, 0) is 13.1 Å². The number of nitrogens with zero attached hydrogens (tertiary/aromatic N) is 1. The normalized spacial score (nSPS) is 19.4. The van der Waals surface area contributed by atoms with Crippen LogP contribution in [0.3, 0.4) is 0 Å². The molecule has 1 aliphatic rings. The van der Waals surface area contributed by atoms with Crippen LogP contribution in [0.4, 0.5) is 0 Å². The first-order valence-electron chi connectivity index (χ1n) is 8.66. The average molecular weight is 331 g/mol. The Morgan fingerprint density at radius 3 is 2.68 bits per heavy atom. The average Bonchev–Trinajstić information content (AvgIpc) is 3.05. The molecule has 0 aliphatic carbocycles. The zero-order chi connectivity index (χ0) is 17.1. The second-order valence-corrected chi connectivity index (χ2v) is 6.70. The second kappa shape index (κ2) is 6.61. The molecule has 126 valence electrons. The zero-order valence-electron chi connectivity index (χ0n) is 14.5. The predicted molar refractivity (Wildman–Crippen MR) is 102 cm³/mol. The molecule has 2 aromatic carbocycles. The molecule has 1 N–H and O–H groups in total. The van der Waals surface area contributed by atoms with Gasteiger partial charge in [0.1, 0.15) is 25.4 Å². The molecule has 0 spiro atoms. The minimum atomic E-state index is 0.894. The number of ether oxygens (including phenoxy) is 1. The maximum absolute atomic E-state index is 5.41. The highest BCUT2D eigenvalue weighted by atomic mass is 16.5. The summed E-state index contributed by atoms with van der Waals surface area (Å²) in [5.74, 6) is 0.900. The summed E-state index contributed by atoms with van der Waals surface area (Å²) in [6.07, 6.45) is 11.0. The fourth-order valence-corrected chi connectivity index (χ4v) is 3.63. The molecule has 2 heterocycles. The number of rotatable bonds is 5. The van der Waals surface area contributed by atoms with Crippen molar-refractivity contribution in [2.24, 2.45) is 0 Å². The molecule has 0 saturated carbocycles. The van der Waals surface area contributed by atoms with Gasteiger partial charge >= 0.3 is 0 Å². The van der Waals surface area contributed by atoms with E-state index in [9.17, 15) is 0 Å². The lowest BCUT2D eigenvalue weighted by atomic mass is 10.1. The predicted octanol–water partition coefficient (Wildman–Crippen LogP) is 4.78. The molecule has 4 rings (SSSR count). The Balaban J connectivity index is 1.70. The van der Waals surface area contributed by atoms with Gasteiger partial charge in [-0.25, -0.2) is 0 Å². The van der Waals surface area contributed by atoms with Crippen molar-refractivity contribution in [1.29, 1.82) is 0 Å². The van der Waals surface area contributed by atoms with E-state index < -0.39 is 0 Å². The molecule has 1 unspecified atom stereocenters. The first-order chi connectivity index (χ1) is 12.3. The van der Waals surface area contributed by atoms with Crippen molar-refractivity contribution in [3.05, 3.63) is 90.3 Å². The van der Waals surface area contributed by atoms with Crippen LogP contribution in [-0.4, -0.2) is 23.1 Å². The Kier molecular flexibility index (Phi) is 4.16. The number of aromatic amines is 1. The molecule has 0 saturated heterocycles. The molecular weight excluding hydrogens is 308 g/mol. The highest BCUT2D eigenvalue weighted by Gasteiger charge is 2.27. The minimum absolute atomic E-state index is 0.894. The van der Waals surface area contributed by atoms with Gasteiger partial charge in [0.2, 0.25) is 0 Å². The zero-order valence-corrected chi connectivity index (χ0v) is 14.5. The van der Waals surface area contributed by atoms with Crippen LogP contribution >= 0.6 is 0 Å². The van der Waals surface area contributed by atoms with Gasteiger partial charge in [-0.2, -0.15) is 0 Å². The second-order valence-electron chi connectivity index (χ2n) is 6.70. The number of hydrogen-bond donors (Lipinski definition) is 1. The third kappa shape index (κ3) is 3.24. The summed E-state index contributed by atoms with van der Waals surface area (Å²) >= 11 is 0. The summed E-state index contributed by atoms with van der Waals surface area (Å²) in [6.45, 7) is 2.93. The van der Waals surface area contributed by atoms with Crippen molar-refractivity contribution in [1.82, 2.24) is 4.98 Å². The van der Waals surface area contributed by atoms with Crippen LogP contribution in [0.1, 0.15) is 11.1 Å². The molecule has 3 nitrogen and oxygen atoms in total. The van der Waals surface area contributed by atoms with E-state index in [1.54, 1.807) is 7.11 Å². The monoisotopic (exact) mass is 331 g/mol. The van der Waals surface area contributed by atoms with E-state index in [2.05, 4.69) is 78.1 Å². The lowest BCUT2D eigenvalue weighted by Crippen LogP contribution is -2.42. The van der Waals surface area contributed by atoms with E-state index in [-0.39, 0.29) is 0 Å². The Labute approximate surface area is 148 Å². The van der Waals surface area contributed by atoms with E-state index in [0.29, 0.717) is 0 Å². The van der Waals surface area contributed by atoms with E-state index in [4.69, 9.17) is 4.74 Å². The van der Waals surface area contributed by atoms with Crippen molar-refractivity contribution in [3.8, 4) is 5.75 Å². The number of benzene rings is 2. The first-order valence-corrected chi connectivity index (χ1v) is 8.66. The molecule has 0 fully saturated rings. The number of methoxy groups -OCH3 is 1.